The molecule has 2 aromatic heterocycles. The molecule has 1 aliphatic rings. The Morgan fingerprint density at radius 2 is 1.68 bits per heavy atom. The van der Waals surface area contributed by atoms with Crippen LogP contribution in [0.25, 0.3) is 33.3 Å². The Labute approximate surface area is 242 Å². The van der Waals surface area contributed by atoms with Crippen LogP contribution < -0.4 is 30.0 Å². The number of allylic oxidation sites excluding steroid dienone is 1. The molecule has 2 N–H and O–H groups in total. The van der Waals surface area contributed by atoms with Crippen LogP contribution >= 0.6 is 22.7 Å². The standard InChI is InChI=1S/C31H25N3O5S2/c1-37-19-10-6-8-17(14-19)15-23-29(35)34-27(32)25(28-33-21-12-4-5-13-22(21)40-28)24(18-9-7-11-20(16-18)38-2)26(30(34)41-23)31(36)39-3/h4-16,24H,32H2,1-3H3/b23-15-/t24-/m1/s1. The van der Waals surface area contributed by atoms with Gasteiger partial charge in [0.2, 0.25) is 0 Å². The summed E-state index contributed by atoms with van der Waals surface area (Å²) in [6, 6.07) is 22.6. The zero-order chi connectivity index (χ0) is 28.7. The SMILES string of the molecule is COC(=O)C1=c2s/c(=C\c3cccc(OC)c3)c(=O)n2C(N)=C(c2nc3ccccc3s2)[C@H]1c1cccc(OC)c1. The van der Waals surface area contributed by atoms with Crippen molar-refractivity contribution in [3.8, 4) is 11.5 Å². The lowest BCUT2D eigenvalue weighted by Crippen LogP contribution is -2.39. The Morgan fingerprint density at radius 3 is 2.41 bits per heavy atom. The number of carbonyl (C=O) groups is 1. The third-order valence-electron chi connectivity index (χ3n) is 6.90. The number of aromatic nitrogens is 2. The predicted molar refractivity (Wildman–Crippen MR) is 162 cm³/mol. The van der Waals surface area contributed by atoms with E-state index in [1.165, 1.54) is 34.4 Å². The van der Waals surface area contributed by atoms with Gasteiger partial charge in [-0.1, -0.05) is 36.4 Å². The number of carbonyl (C=O) groups excluding carboxylic acids is 1. The Bertz CT molecular complexity index is 2000. The fourth-order valence-electron chi connectivity index (χ4n) is 4.99. The average molecular weight is 584 g/mol. The summed E-state index contributed by atoms with van der Waals surface area (Å²) in [7, 11) is 4.50. The Balaban J connectivity index is 1.71. The van der Waals surface area contributed by atoms with E-state index in [-0.39, 0.29) is 11.4 Å². The van der Waals surface area contributed by atoms with Crippen molar-refractivity contribution in [1.29, 1.82) is 0 Å². The van der Waals surface area contributed by atoms with Crippen LogP contribution in [0.4, 0.5) is 0 Å². The minimum absolute atomic E-state index is 0.214. The van der Waals surface area contributed by atoms with Crippen LogP contribution in [0.15, 0.2) is 77.6 Å². The molecule has 0 unspecified atom stereocenters. The number of fused-ring (bicyclic) bond motifs is 2. The molecule has 206 valence electrons. The molecule has 5 aromatic rings. The smallest absolute Gasteiger partial charge is 0.337 e. The van der Waals surface area contributed by atoms with Gasteiger partial charge in [0.25, 0.3) is 5.56 Å². The van der Waals surface area contributed by atoms with Crippen molar-refractivity contribution in [2.24, 2.45) is 5.73 Å². The minimum atomic E-state index is -0.666. The second-order valence-electron chi connectivity index (χ2n) is 9.23. The topological polar surface area (TPSA) is 106 Å². The first kappa shape index (κ1) is 26.5. The van der Waals surface area contributed by atoms with E-state index in [1.807, 2.05) is 72.8 Å². The van der Waals surface area contributed by atoms with Gasteiger partial charge < -0.3 is 19.9 Å². The predicted octanol–water partition coefficient (Wildman–Crippen LogP) is 3.77. The van der Waals surface area contributed by atoms with E-state index in [1.54, 1.807) is 20.3 Å². The molecule has 6 rings (SSSR count). The van der Waals surface area contributed by atoms with E-state index in [0.29, 0.717) is 36.8 Å². The van der Waals surface area contributed by atoms with Crippen LogP contribution in [-0.4, -0.2) is 36.8 Å². The molecule has 1 aliphatic heterocycles. The largest absolute Gasteiger partial charge is 0.497 e. The van der Waals surface area contributed by atoms with Crippen molar-refractivity contribution in [3.63, 3.8) is 0 Å². The highest BCUT2D eigenvalue weighted by Crippen LogP contribution is 2.45. The summed E-state index contributed by atoms with van der Waals surface area (Å²) in [6.45, 7) is 0. The van der Waals surface area contributed by atoms with Crippen LogP contribution in [0.3, 0.4) is 0 Å². The molecule has 0 radical (unpaired) electrons. The highest BCUT2D eigenvalue weighted by atomic mass is 32.1. The number of methoxy groups -OCH3 is 3. The molecule has 0 saturated heterocycles. The number of ether oxygens (including phenoxy) is 3. The normalized spacial score (nSPS) is 15.2. The molecule has 0 bridgehead atoms. The summed E-state index contributed by atoms with van der Waals surface area (Å²) in [5, 5.41) is 0.611. The third kappa shape index (κ3) is 4.60. The summed E-state index contributed by atoms with van der Waals surface area (Å²) in [5.74, 6) is 0.270. The minimum Gasteiger partial charge on any atom is -0.497 e. The Kier molecular flexibility index (Phi) is 6.94. The van der Waals surface area contributed by atoms with Gasteiger partial charge >= 0.3 is 5.97 Å². The lowest BCUT2D eigenvalue weighted by molar-refractivity contribution is -0.134. The Morgan fingerprint density at radius 1 is 0.951 bits per heavy atom. The molecule has 3 aromatic carbocycles. The van der Waals surface area contributed by atoms with Crippen molar-refractivity contribution in [3.05, 3.63) is 108 Å². The van der Waals surface area contributed by atoms with E-state index >= 15 is 0 Å². The van der Waals surface area contributed by atoms with Crippen LogP contribution in [0, 0.1) is 0 Å². The molecule has 0 spiro atoms. The first-order valence-corrected chi connectivity index (χ1v) is 14.3. The van der Waals surface area contributed by atoms with Gasteiger partial charge in [0.05, 0.1) is 47.6 Å². The van der Waals surface area contributed by atoms with E-state index in [2.05, 4.69) is 0 Å². The third-order valence-corrected chi connectivity index (χ3v) is 9.07. The number of nitrogens with zero attached hydrogens (tertiary/aromatic N) is 2. The van der Waals surface area contributed by atoms with E-state index < -0.39 is 11.9 Å². The van der Waals surface area contributed by atoms with Crippen molar-refractivity contribution in [2.75, 3.05) is 21.3 Å². The van der Waals surface area contributed by atoms with Crippen molar-refractivity contribution < 1.29 is 19.0 Å². The number of hydrogen-bond acceptors (Lipinski definition) is 9. The van der Waals surface area contributed by atoms with Crippen LogP contribution in [0.5, 0.6) is 11.5 Å². The van der Waals surface area contributed by atoms with Crippen LogP contribution in [0.1, 0.15) is 22.1 Å². The van der Waals surface area contributed by atoms with Gasteiger partial charge in [0.15, 0.2) is 0 Å². The molecule has 3 heterocycles. The van der Waals surface area contributed by atoms with Crippen LogP contribution in [0.2, 0.25) is 0 Å². The maximum Gasteiger partial charge on any atom is 0.337 e. The number of thiazole rings is 2. The maximum absolute atomic E-state index is 13.9. The summed E-state index contributed by atoms with van der Waals surface area (Å²) < 4.78 is 19.3. The van der Waals surface area contributed by atoms with Crippen molar-refractivity contribution >= 4 is 61.9 Å². The molecule has 1 atom stereocenters. The first-order chi connectivity index (χ1) is 19.9. The quantitative estimate of drug-likeness (QED) is 0.304. The average Bonchev–Trinajstić information content (AvgIpc) is 3.57. The monoisotopic (exact) mass is 583 g/mol. The van der Waals surface area contributed by atoms with E-state index in [9.17, 15) is 9.59 Å². The van der Waals surface area contributed by atoms with Gasteiger partial charge in [0.1, 0.15) is 27.0 Å². The maximum atomic E-state index is 13.9. The van der Waals surface area contributed by atoms with Crippen LogP contribution in [-0.2, 0) is 9.53 Å². The molecule has 8 nitrogen and oxygen atoms in total. The van der Waals surface area contributed by atoms with Gasteiger partial charge in [-0.3, -0.25) is 9.36 Å². The van der Waals surface area contributed by atoms with Gasteiger partial charge in [-0.15, -0.1) is 22.7 Å². The molecule has 0 aliphatic carbocycles. The molecule has 41 heavy (non-hydrogen) atoms. The Hall–Kier alpha value is -4.67. The summed E-state index contributed by atoms with van der Waals surface area (Å²) >= 11 is 2.64. The molecule has 0 amide bonds. The number of esters is 1. The fourth-order valence-corrected chi connectivity index (χ4v) is 7.21. The number of hydrogen-bond donors (Lipinski definition) is 1. The number of rotatable bonds is 6. The van der Waals surface area contributed by atoms with Gasteiger partial charge in [0, 0.05) is 5.57 Å². The van der Waals surface area contributed by atoms with Gasteiger partial charge in [-0.05, 0) is 53.6 Å². The summed E-state index contributed by atoms with van der Waals surface area (Å²) in [4.78, 5) is 32.4. The summed E-state index contributed by atoms with van der Waals surface area (Å²) in [6.07, 6.45) is 1.76. The number of benzene rings is 3. The molecule has 0 fully saturated rings. The second kappa shape index (κ2) is 10.7. The van der Waals surface area contributed by atoms with Crippen molar-refractivity contribution in [2.45, 2.75) is 5.92 Å². The summed E-state index contributed by atoms with van der Waals surface area (Å²) in [5.41, 5.74) is 9.74. The zero-order valence-electron chi connectivity index (χ0n) is 22.4. The highest BCUT2D eigenvalue weighted by Gasteiger charge is 2.38. The zero-order valence-corrected chi connectivity index (χ0v) is 24.0. The molecule has 0 saturated carbocycles. The second-order valence-corrected chi connectivity index (χ2v) is 11.3. The van der Waals surface area contributed by atoms with Crippen molar-refractivity contribution in [1.82, 2.24) is 9.55 Å². The molecular weight excluding hydrogens is 558 g/mol. The lowest BCUT2D eigenvalue weighted by atomic mass is 9.83. The van der Waals surface area contributed by atoms with Gasteiger partial charge in [-0.2, -0.15) is 0 Å². The molecular formula is C31H25N3O5S2. The van der Waals surface area contributed by atoms with E-state index in [4.69, 9.17) is 24.9 Å². The first-order valence-electron chi connectivity index (χ1n) is 12.6. The lowest BCUT2D eigenvalue weighted by Gasteiger charge is -2.27. The van der Waals surface area contributed by atoms with Gasteiger partial charge in [-0.25, -0.2) is 9.78 Å². The number of para-hydroxylation sites is 1. The van der Waals surface area contributed by atoms with E-state index in [0.717, 1.165) is 21.3 Å². The molecule has 10 heteroatoms. The number of nitrogens with two attached hydrogens (primary N) is 1. The highest BCUT2D eigenvalue weighted by molar-refractivity contribution is 7.19. The fraction of sp³-hybridized carbons (Fsp3) is 0.129.